The fourth-order valence-electron chi connectivity index (χ4n) is 2.03. The highest BCUT2D eigenvalue weighted by Crippen LogP contribution is 2.12. The van der Waals surface area contributed by atoms with Crippen LogP contribution in [0.1, 0.15) is 18.9 Å². The topological polar surface area (TPSA) is 46.2 Å². The zero-order chi connectivity index (χ0) is 15.3. The Balaban J connectivity index is 1.95. The van der Waals surface area contributed by atoms with Gasteiger partial charge in [-0.15, -0.1) is 0 Å². The zero-order valence-corrected chi connectivity index (χ0v) is 12.6. The molecule has 5 heteroatoms. The third-order valence-electron chi connectivity index (χ3n) is 3.19. The predicted molar refractivity (Wildman–Crippen MR) is 80.9 cm³/mol. The van der Waals surface area contributed by atoms with Crippen molar-refractivity contribution in [3.8, 4) is 0 Å². The third kappa shape index (κ3) is 4.65. The van der Waals surface area contributed by atoms with Crippen LogP contribution in [0.15, 0.2) is 59.5 Å². The van der Waals surface area contributed by atoms with Crippen LogP contribution in [0.25, 0.3) is 0 Å². The van der Waals surface area contributed by atoms with Crippen LogP contribution in [-0.4, -0.2) is 14.5 Å². The molecule has 3 nitrogen and oxygen atoms in total. The lowest BCUT2D eigenvalue weighted by atomic mass is 10.1. The van der Waals surface area contributed by atoms with E-state index in [9.17, 15) is 12.8 Å². The number of nitrogens with one attached hydrogen (secondary N) is 1. The number of halogens is 1. The van der Waals surface area contributed by atoms with E-state index in [1.807, 2.05) is 37.3 Å². The van der Waals surface area contributed by atoms with E-state index in [-0.39, 0.29) is 10.9 Å². The lowest BCUT2D eigenvalue weighted by Gasteiger charge is -2.14. The molecule has 0 spiro atoms. The van der Waals surface area contributed by atoms with Crippen LogP contribution < -0.4 is 4.72 Å². The molecule has 0 radical (unpaired) electrons. The minimum atomic E-state index is -3.60. The first-order valence-corrected chi connectivity index (χ1v) is 8.27. The summed E-state index contributed by atoms with van der Waals surface area (Å²) in [6, 6.07) is 14.5. The fraction of sp³-hybridized carbons (Fsp3) is 0.250. The van der Waals surface area contributed by atoms with Crippen molar-refractivity contribution >= 4 is 10.0 Å². The molecule has 0 aliphatic heterocycles. The average Bonchev–Trinajstić information content (AvgIpc) is 2.46. The van der Waals surface area contributed by atoms with Gasteiger partial charge in [0, 0.05) is 6.04 Å². The molecular formula is C16H18FNO2S. The molecule has 0 saturated heterocycles. The summed E-state index contributed by atoms with van der Waals surface area (Å²) in [6.07, 6.45) is 1.50. The maximum atomic E-state index is 12.8. The van der Waals surface area contributed by atoms with Crippen LogP contribution in [0.3, 0.4) is 0 Å². The maximum Gasteiger partial charge on any atom is 0.240 e. The van der Waals surface area contributed by atoms with Gasteiger partial charge in [0.1, 0.15) is 5.82 Å². The molecule has 2 aromatic carbocycles. The second-order valence-electron chi connectivity index (χ2n) is 5.00. The molecule has 1 atom stereocenters. The summed E-state index contributed by atoms with van der Waals surface area (Å²) in [6.45, 7) is 1.82. The third-order valence-corrected chi connectivity index (χ3v) is 4.79. The van der Waals surface area contributed by atoms with Gasteiger partial charge in [0.15, 0.2) is 0 Å². The first kappa shape index (κ1) is 15.7. The van der Waals surface area contributed by atoms with Crippen molar-refractivity contribution in [3.63, 3.8) is 0 Å². The van der Waals surface area contributed by atoms with Gasteiger partial charge in [-0.1, -0.05) is 30.3 Å². The van der Waals surface area contributed by atoms with E-state index in [1.165, 1.54) is 17.7 Å². The molecule has 0 bridgehead atoms. The van der Waals surface area contributed by atoms with Gasteiger partial charge in [-0.2, -0.15) is 0 Å². The smallest absolute Gasteiger partial charge is 0.208 e. The number of hydrogen-bond donors (Lipinski definition) is 1. The first-order chi connectivity index (χ1) is 9.97. The van der Waals surface area contributed by atoms with Crippen molar-refractivity contribution in [2.75, 3.05) is 0 Å². The first-order valence-electron chi connectivity index (χ1n) is 6.79. The molecule has 2 rings (SSSR count). The summed E-state index contributed by atoms with van der Waals surface area (Å²) >= 11 is 0. The minimum absolute atomic E-state index is 0.0791. The highest BCUT2D eigenvalue weighted by atomic mass is 32.2. The summed E-state index contributed by atoms with van der Waals surface area (Å²) in [5, 5.41) is 0. The minimum Gasteiger partial charge on any atom is -0.208 e. The molecule has 0 saturated carbocycles. The van der Waals surface area contributed by atoms with Gasteiger partial charge in [0.05, 0.1) is 4.90 Å². The fourth-order valence-corrected chi connectivity index (χ4v) is 3.31. The van der Waals surface area contributed by atoms with Crippen molar-refractivity contribution < 1.29 is 12.8 Å². The van der Waals surface area contributed by atoms with E-state index in [4.69, 9.17) is 0 Å². The van der Waals surface area contributed by atoms with Crippen LogP contribution in [-0.2, 0) is 16.4 Å². The highest BCUT2D eigenvalue weighted by Gasteiger charge is 2.17. The highest BCUT2D eigenvalue weighted by molar-refractivity contribution is 7.89. The van der Waals surface area contributed by atoms with Crippen LogP contribution in [0.2, 0.25) is 0 Å². The average molecular weight is 307 g/mol. The molecule has 0 heterocycles. The van der Waals surface area contributed by atoms with E-state index in [0.29, 0.717) is 6.42 Å². The van der Waals surface area contributed by atoms with Crippen LogP contribution in [0.4, 0.5) is 4.39 Å². The monoisotopic (exact) mass is 307 g/mol. The Hall–Kier alpha value is -1.72. The standard InChI is InChI=1S/C16H18FNO2S/c1-13(7-8-14-5-3-2-4-6-14)18-21(19,20)16-11-9-15(17)10-12-16/h2-6,9-13,18H,7-8H2,1H3/t13-/m0/s1. The van der Waals surface area contributed by atoms with E-state index in [2.05, 4.69) is 4.72 Å². The van der Waals surface area contributed by atoms with Gasteiger partial charge in [-0.25, -0.2) is 17.5 Å². The van der Waals surface area contributed by atoms with Crippen molar-refractivity contribution in [2.24, 2.45) is 0 Å². The lowest BCUT2D eigenvalue weighted by molar-refractivity contribution is 0.546. The molecule has 0 aliphatic carbocycles. The van der Waals surface area contributed by atoms with Crippen molar-refractivity contribution in [2.45, 2.75) is 30.7 Å². The van der Waals surface area contributed by atoms with Crippen molar-refractivity contribution in [3.05, 3.63) is 66.0 Å². The van der Waals surface area contributed by atoms with E-state index in [0.717, 1.165) is 18.6 Å². The molecule has 0 fully saturated rings. The predicted octanol–water partition coefficient (Wildman–Crippen LogP) is 3.13. The van der Waals surface area contributed by atoms with E-state index >= 15 is 0 Å². The van der Waals surface area contributed by atoms with Crippen LogP contribution in [0, 0.1) is 5.82 Å². The summed E-state index contributed by atoms with van der Waals surface area (Å²) in [4.78, 5) is 0.0791. The van der Waals surface area contributed by atoms with E-state index < -0.39 is 15.8 Å². The Bertz CT molecular complexity index is 669. The SMILES string of the molecule is C[C@@H](CCc1ccccc1)NS(=O)(=O)c1ccc(F)cc1. The Morgan fingerprint density at radius 2 is 1.67 bits per heavy atom. The van der Waals surface area contributed by atoms with E-state index in [1.54, 1.807) is 0 Å². The molecule has 0 aliphatic rings. The Labute approximate surface area is 124 Å². The number of sulfonamides is 1. The summed E-state index contributed by atoms with van der Waals surface area (Å²) < 4.78 is 39.7. The molecule has 0 unspecified atom stereocenters. The Kier molecular flexibility index (Phi) is 5.09. The molecule has 112 valence electrons. The lowest BCUT2D eigenvalue weighted by Crippen LogP contribution is -2.32. The molecule has 0 aromatic heterocycles. The number of aryl methyl sites for hydroxylation is 1. The quantitative estimate of drug-likeness (QED) is 0.891. The normalized spacial score (nSPS) is 13.0. The van der Waals surface area contributed by atoms with Gasteiger partial charge in [0.25, 0.3) is 0 Å². The van der Waals surface area contributed by atoms with Crippen molar-refractivity contribution in [1.82, 2.24) is 4.72 Å². The van der Waals surface area contributed by atoms with Gasteiger partial charge in [0.2, 0.25) is 10.0 Å². The van der Waals surface area contributed by atoms with Gasteiger partial charge in [-0.3, -0.25) is 0 Å². The molecule has 0 amide bonds. The molecule has 1 N–H and O–H groups in total. The second kappa shape index (κ2) is 6.83. The number of hydrogen-bond acceptors (Lipinski definition) is 2. The second-order valence-corrected chi connectivity index (χ2v) is 6.71. The summed E-state index contributed by atoms with van der Waals surface area (Å²) in [7, 11) is -3.60. The summed E-state index contributed by atoms with van der Waals surface area (Å²) in [5.41, 5.74) is 1.17. The largest absolute Gasteiger partial charge is 0.240 e. The summed E-state index contributed by atoms with van der Waals surface area (Å²) in [5.74, 6) is -0.453. The molecule has 2 aromatic rings. The maximum absolute atomic E-state index is 12.8. The number of rotatable bonds is 6. The van der Waals surface area contributed by atoms with Crippen LogP contribution in [0.5, 0.6) is 0 Å². The Morgan fingerprint density at radius 1 is 1.05 bits per heavy atom. The number of benzene rings is 2. The van der Waals surface area contributed by atoms with Crippen molar-refractivity contribution in [1.29, 1.82) is 0 Å². The van der Waals surface area contributed by atoms with Gasteiger partial charge in [-0.05, 0) is 49.6 Å². The molecular weight excluding hydrogens is 289 g/mol. The van der Waals surface area contributed by atoms with Crippen LogP contribution >= 0.6 is 0 Å². The van der Waals surface area contributed by atoms with Gasteiger partial charge < -0.3 is 0 Å². The van der Waals surface area contributed by atoms with Gasteiger partial charge >= 0.3 is 0 Å². The zero-order valence-electron chi connectivity index (χ0n) is 11.8. The molecule has 21 heavy (non-hydrogen) atoms. The Morgan fingerprint density at radius 3 is 2.29 bits per heavy atom.